The normalized spacial score (nSPS) is 14.6. The topological polar surface area (TPSA) is 0 Å². The van der Waals surface area contributed by atoms with Gasteiger partial charge in [-0.05, 0) is 50.3 Å². The zero-order valence-electron chi connectivity index (χ0n) is 14.6. The second-order valence-electron chi connectivity index (χ2n) is 4.78. The monoisotopic (exact) mass is 280 g/mol. The van der Waals surface area contributed by atoms with E-state index in [2.05, 4.69) is 33.4 Å². The molecule has 20 heavy (non-hydrogen) atoms. The maximum atomic E-state index is 13.7. The molecule has 0 aromatic carbocycles. The first-order valence-electron chi connectivity index (χ1n) is 7.90. The van der Waals surface area contributed by atoms with Crippen molar-refractivity contribution in [1.29, 1.82) is 0 Å². The largest absolute Gasteiger partial charge is 0.207 e. The van der Waals surface area contributed by atoms with E-state index in [0.717, 1.165) is 36.0 Å². The Kier molecular flexibility index (Phi) is 13.7. The molecule has 0 bridgehead atoms. The van der Waals surface area contributed by atoms with Gasteiger partial charge in [0.2, 0.25) is 0 Å². The van der Waals surface area contributed by atoms with Gasteiger partial charge in [0.05, 0.1) is 0 Å². The van der Waals surface area contributed by atoms with Gasteiger partial charge in [0.1, 0.15) is 5.83 Å². The van der Waals surface area contributed by atoms with E-state index in [4.69, 9.17) is 0 Å². The summed E-state index contributed by atoms with van der Waals surface area (Å²) in [7, 11) is 0. The minimum atomic E-state index is -0.104. The fraction of sp³-hybridized carbons (Fsp3) is 0.579. The van der Waals surface area contributed by atoms with Gasteiger partial charge in [-0.15, -0.1) is 0 Å². The minimum Gasteiger partial charge on any atom is -0.207 e. The average molecular weight is 280 g/mol. The summed E-state index contributed by atoms with van der Waals surface area (Å²) < 4.78 is 13.7. The molecule has 1 aliphatic rings. The number of allylic oxidation sites excluding steroid dienone is 7. The lowest BCUT2D eigenvalue weighted by atomic mass is 9.90. The Morgan fingerprint density at radius 3 is 2.05 bits per heavy atom. The molecule has 0 radical (unpaired) electrons. The van der Waals surface area contributed by atoms with Crippen LogP contribution in [-0.4, -0.2) is 0 Å². The maximum absolute atomic E-state index is 13.7. The highest BCUT2D eigenvalue weighted by Crippen LogP contribution is 2.31. The molecule has 0 nitrogen and oxygen atoms in total. The van der Waals surface area contributed by atoms with E-state index in [1.54, 1.807) is 6.08 Å². The van der Waals surface area contributed by atoms with Crippen LogP contribution in [0.5, 0.6) is 0 Å². The van der Waals surface area contributed by atoms with Gasteiger partial charge >= 0.3 is 0 Å². The van der Waals surface area contributed by atoms with E-state index in [1.807, 2.05) is 27.7 Å². The van der Waals surface area contributed by atoms with E-state index in [9.17, 15) is 4.39 Å². The molecule has 0 N–H and O–H groups in total. The summed E-state index contributed by atoms with van der Waals surface area (Å²) >= 11 is 0. The molecular formula is C19H33F. The van der Waals surface area contributed by atoms with Gasteiger partial charge in [0.15, 0.2) is 0 Å². The van der Waals surface area contributed by atoms with Crippen LogP contribution in [0.4, 0.5) is 4.39 Å². The third-order valence-electron chi connectivity index (χ3n) is 2.77. The highest BCUT2D eigenvalue weighted by molar-refractivity contribution is 5.44. The molecular weight excluding hydrogens is 247 g/mol. The van der Waals surface area contributed by atoms with E-state index < -0.39 is 0 Å². The molecule has 0 aliphatic heterocycles. The fourth-order valence-corrected chi connectivity index (χ4v) is 1.86. The van der Waals surface area contributed by atoms with Crippen LogP contribution in [0.2, 0.25) is 0 Å². The van der Waals surface area contributed by atoms with Crippen LogP contribution < -0.4 is 0 Å². The van der Waals surface area contributed by atoms with Gasteiger partial charge in [-0.25, -0.2) is 4.39 Å². The standard InChI is InChI=1S/C14H19F.C3H8.C2H6/c1-5-6-11(4)12-7-8-13(10(2)3)14(15)9-12;1-3-2;1-2/h6,9H,2,5,7-8H2,1,3-4H3;3H2,1-2H3;1-2H3/b11-6+;;. The summed E-state index contributed by atoms with van der Waals surface area (Å²) in [5, 5.41) is 0. The minimum absolute atomic E-state index is 0.104. The number of hydrogen-bond acceptors (Lipinski definition) is 0. The number of halogens is 1. The predicted molar refractivity (Wildman–Crippen MR) is 91.6 cm³/mol. The summed E-state index contributed by atoms with van der Waals surface area (Å²) in [5.74, 6) is -0.104. The molecule has 0 unspecified atom stereocenters. The van der Waals surface area contributed by atoms with Crippen LogP contribution in [0.25, 0.3) is 0 Å². The van der Waals surface area contributed by atoms with Crippen LogP contribution in [-0.2, 0) is 0 Å². The van der Waals surface area contributed by atoms with Crippen molar-refractivity contribution in [2.24, 2.45) is 0 Å². The Morgan fingerprint density at radius 1 is 1.20 bits per heavy atom. The van der Waals surface area contributed by atoms with Crippen LogP contribution in [0.15, 0.2) is 46.9 Å². The lowest BCUT2D eigenvalue weighted by Gasteiger charge is -2.16. The molecule has 0 saturated heterocycles. The van der Waals surface area contributed by atoms with Crippen molar-refractivity contribution in [2.75, 3.05) is 0 Å². The summed E-state index contributed by atoms with van der Waals surface area (Å²) in [6.07, 6.45) is 7.77. The van der Waals surface area contributed by atoms with Crippen molar-refractivity contribution in [2.45, 2.75) is 74.1 Å². The molecule has 0 aromatic rings. The molecule has 0 atom stereocenters. The van der Waals surface area contributed by atoms with Crippen molar-refractivity contribution >= 4 is 0 Å². The van der Waals surface area contributed by atoms with Gasteiger partial charge in [-0.3, -0.25) is 0 Å². The van der Waals surface area contributed by atoms with Crippen LogP contribution in [0.3, 0.4) is 0 Å². The van der Waals surface area contributed by atoms with E-state index >= 15 is 0 Å². The van der Waals surface area contributed by atoms with Crippen molar-refractivity contribution in [3.05, 3.63) is 46.9 Å². The molecule has 0 aromatic heterocycles. The van der Waals surface area contributed by atoms with Gasteiger partial charge in [-0.1, -0.05) is 64.8 Å². The second-order valence-corrected chi connectivity index (χ2v) is 4.78. The molecule has 0 amide bonds. The fourth-order valence-electron chi connectivity index (χ4n) is 1.86. The third kappa shape index (κ3) is 8.14. The summed E-state index contributed by atoms with van der Waals surface area (Å²) in [5.41, 5.74) is 3.95. The van der Waals surface area contributed by atoms with Gasteiger partial charge in [0, 0.05) is 0 Å². The Morgan fingerprint density at radius 2 is 1.70 bits per heavy atom. The lowest BCUT2D eigenvalue weighted by Crippen LogP contribution is -1.99. The SMILES string of the molecule is C=C(C)C1=C(F)C=C(/C(C)=C/CC)CC1.CC.CCC. The van der Waals surface area contributed by atoms with Crippen LogP contribution >= 0.6 is 0 Å². The Labute approximate surface area is 126 Å². The molecule has 1 aliphatic carbocycles. The van der Waals surface area contributed by atoms with Crippen molar-refractivity contribution in [3.8, 4) is 0 Å². The van der Waals surface area contributed by atoms with E-state index in [-0.39, 0.29) is 5.83 Å². The average Bonchev–Trinajstić information content (AvgIpc) is 2.41. The Balaban J connectivity index is 0. The second kappa shape index (κ2) is 12.9. The zero-order chi connectivity index (χ0) is 16.1. The molecule has 1 heteroatoms. The van der Waals surface area contributed by atoms with Gasteiger partial charge in [-0.2, -0.15) is 0 Å². The van der Waals surface area contributed by atoms with Crippen molar-refractivity contribution < 1.29 is 4.39 Å². The van der Waals surface area contributed by atoms with Crippen molar-refractivity contribution in [1.82, 2.24) is 0 Å². The molecule has 1 rings (SSSR count). The molecule has 0 heterocycles. The predicted octanol–water partition coefficient (Wildman–Crippen LogP) is 7.31. The molecule has 0 spiro atoms. The smallest absolute Gasteiger partial charge is 0.126 e. The first-order chi connectivity index (χ1) is 9.47. The van der Waals surface area contributed by atoms with Crippen LogP contribution in [0.1, 0.15) is 74.1 Å². The summed E-state index contributed by atoms with van der Waals surface area (Å²) in [4.78, 5) is 0. The molecule has 0 saturated carbocycles. The highest BCUT2D eigenvalue weighted by atomic mass is 19.1. The molecule has 116 valence electrons. The molecule has 0 fully saturated rings. The summed E-state index contributed by atoms with van der Waals surface area (Å²) in [6.45, 7) is 18.1. The van der Waals surface area contributed by atoms with Crippen LogP contribution in [0, 0.1) is 0 Å². The quantitative estimate of drug-likeness (QED) is 0.508. The Hall–Kier alpha value is -1.11. The van der Waals surface area contributed by atoms with E-state index in [0.29, 0.717) is 0 Å². The first kappa shape index (κ1) is 21.2. The highest BCUT2D eigenvalue weighted by Gasteiger charge is 2.14. The van der Waals surface area contributed by atoms with Gasteiger partial charge < -0.3 is 0 Å². The first-order valence-corrected chi connectivity index (χ1v) is 7.90. The summed E-state index contributed by atoms with van der Waals surface area (Å²) in [6, 6.07) is 0. The van der Waals surface area contributed by atoms with Crippen molar-refractivity contribution in [3.63, 3.8) is 0 Å². The van der Waals surface area contributed by atoms with E-state index in [1.165, 1.54) is 12.0 Å². The Bertz CT molecular complexity index is 367. The zero-order valence-corrected chi connectivity index (χ0v) is 14.6. The number of hydrogen-bond donors (Lipinski definition) is 0. The van der Waals surface area contributed by atoms with Gasteiger partial charge in [0.25, 0.3) is 0 Å². The lowest BCUT2D eigenvalue weighted by molar-refractivity contribution is 0.634. The maximum Gasteiger partial charge on any atom is 0.126 e. The third-order valence-corrected chi connectivity index (χ3v) is 2.77. The number of rotatable bonds is 3.